The number of fused-ring (bicyclic) bond motifs is 1. The van der Waals surface area contributed by atoms with Crippen molar-refractivity contribution in [2.75, 3.05) is 18.4 Å². The molecule has 1 aromatic heterocycles. The molecule has 0 spiro atoms. The Morgan fingerprint density at radius 3 is 3.11 bits per heavy atom. The van der Waals surface area contributed by atoms with Crippen molar-refractivity contribution in [3.8, 4) is 0 Å². The molecule has 0 unspecified atom stereocenters. The fraction of sp³-hybridized carbons (Fsp3) is 0.429. The first-order valence-corrected chi connectivity index (χ1v) is 6.61. The van der Waals surface area contributed by atoms with Gasteiger partial charge in [0.2, 0.25) is 5.95 Å². The zero-order chi connectivity index (χ0) is 12.2. The number of nitrogens with one attached hydrogen (secondary N) is 2. The molecule has 4 nitrogen and oxygen atoms in total. The van der Waals surface area contributed by atoms with E-state index in [0.29, 0.717) is 6.04 Å². The maximum absolute atomic E-state index is 4.51. The number of benzene rings is 1. The lowest BCUT2D eigenvalue weighted by Gasteiger charge is -2.23. The van der Waals surface area contributed by atoms with Gasteiger partial charge in [-0.1, -0.05) is 24.6 Å². The van der Waals surface area contributed by atoms with E-state index in [4.69, 9.17) is 0 Å². The highest BCUT2D eigenvalue weighted by Crippen LogP contribution is 2.12. The van der Waals surface area contributed by atoms with Gasteiger partial charge in [-0.3, -0.25) is 0 Å². The maximum atomic E-state index is 4.51. The van der Waals surface area contributed by atoms with Crippen LogP contribution in [0, 0.1) is 0 Å². The SMILES string of the molecule is c1ccc2nc(NC[C@@H]3CCCCN3)ncc2c1. The van der Waals surface area contributed by atoms with Crippen LogP contribution in [0.25, 0.3) is 10.9 Å². The van der Waals surface area contributed by atoms with E-state index in [-0.39, 0.29) is 0 Å². The molecule has 94 valence electrons. The van der Waals surface area contributed by atoms with Crippen LogP contribution in [0.2, 0.25) is 0 Å². The summed E-state index contributed by atoms with van der Waals surface area (Å²) in [6, 6.07) is 8.60. The van der Waals surface area contributed by atoms with Crippen LogP contribution in [-0.4, -0.2) is 29.1 Å². The zero-order valence-electron chi connectivity index (χ0n) is 10.4. The third-order valence-electron chi connectivity index (χ3n) is 3.41. The molecule has 1 aromatic carbocycles. The fourth-order valence-corrected chi connectivity index (χ4v) is 2.37. The minimum Gasteiger partial charge on any atom is -0.353 e. The molecule has 0 radical (unpaired) electrons. The maximum Gasteiger partial charge on any atom is 0.223 e. The average Bonchev–Trinajstić information content (AvgIpc) is 2.46. The number of aromatic nitrogens is 2. The van der Waals surface area contributed by atoms with Crippen molar-refractivity contribution in [1.29, 1.82) is 0 Å². The number of hydrogen-bond donors (Lipinski definition) is 2. The van der Waals surface area contributed by atoms with E-state index in [1.807, 2.05) is 30.5 Å². The number of anilines is 1. The van der Waals surface area contributed by atoms with Gasteiger partial charge in [-0.2, -0.15) is 0 Å². The van der Waals surface area contributed by atoms with Gasteiger partial charge >= 0.3 is 0 Å². The Morgan fingerprint density at radius 1 is 1.28 bits per heavy atom. The summed E-state index contributed by atoms with van der Waals surface area (Å²) in [4.78, 5) is 8.85. The second-order valence-electron chi connectivity index (χ2n) is 4.78. The van der Waals surface area contributed by atoms with Crippen LogP contribution in [0.4, 0.5) is 5.95 Å². The summed E-state index contributed by atoms with van der Waals surface area (Å²) in [5.74, 6) is 0.723. The summed E-state index contributed by atoms with van der Waals surface area (Å²) in [6.07, 6.45) is 5.72. The van der Waals surface area contributed by atoms with E-state index in [1.165, 1.54) is 19.3 Å². The van der Waals surface area contributed by atoms with Crippen LogP contribution in [0.3, 0.4) is 0 Å². The normalized spacial score (nSPS) is 19.9. The van der Waals surface area contributed by atoms with Crippen LogP contribution in [0.5, 0.6) is 0 Å². The molecule has 0 saturated carbocycles. The van der Waals surface area contributed by atoms with E-state index in [2.05, 4.69) is 20.6 Å². The second kappa shape index (κ2) is 5.31. The lowest BCUT2D eigenvalue weighted by Crippen LogP contribution is -2.39. The molecule has 4 heteroatoms. The Bertz CT molecular complexity index is 520. The summed E-state index contributed by atoms with van der Waals surface area (Å²) in [5.41, 5.74) is 0.992. The van der Waals surface area contributed by atoms with Crippen molar-refractivity contribution in [3.63, 3.8) is 0 Å². The minimum atomic E-state index is 0.550. The molecule has 18 heavy (non-hydrogen) atoms. The third kappa shape index (κ3) is 2.59. The standard InChI is InChI=1S/C14H18N4/c1-2-7-13-11(5-1)9-16-14(18-13)17-10-12-6-3-4-8-15-12/h1-2,5,7,9,12,15H,3-4,6,8,10H2,(H,16,17,18)/t12-/m0/s1. The highest BCUT2D eigenvalue weighted by molar-refractivity contribution is 5.78. The summed E-state index contributed by atoms with van der Waals surface area (Å²) in [7, 11) is 0. The summed E-state index contributed by atoms with van der Waals surface area (Å²) >= 11 is 0. The minimum absolute atomic E-state index is 0.550. The molecule has 2 aromatic rings. The highest BCUT2D eigenvalue weighted by Gasteiger charge is 2.12. The number of hydrogen-bond acceptors (Lipinski definition) is 4. The van der Waals surface area contributed by atoms with Crippen molar-refractivity contribution < 1.29 is 0 Å². The highest BCUT2D eigenvalue weighted by atomic mass is 15.1. The van der Waals surface area contributed by atoms with Gasteiger partial charge < -0.3 is 10.6 Å². The number of rotatable bonds is 3. The Hall–Kier alpha value is -1.68. The molecule has 1 fully saturated rings. The first-order valence-electron chi connectivity index (χ1n) is 6.61. The Labute approximate surface area is 107 Å². The van der Waals surface area contributed by atoms with Gasteiger partial charge in [0.15, 0.2) is 0 Å². The zero-order valence-corrected chi connectivity index (χ0v) is 10.4. The van der Waals surface area contributed by atoms with E-state index in [1.54, 1.807) is 0 Å². The number of para-hydroxylation sites is 1. The summed E-state index contributed by atoms with van der Waals surface area (Å²) in [6.45, 7) is 2.03. The number of nitrogens with zero attached hydrogens (tertiary/aromatic N) is 2. The largest absolute Gasteiger partial charge is 0.353 e. The molecule has 1 atom stereocenters. The van der Waals surface area contributed by atoms with Gasteiger partial charge in [0.1, 0.15) is 0 Å². The summed E-state index contributed by atoms with van der Waals surface area (Å²) < 4.78 is 0. The lowest BCUT2D eigenvalue weighted by molar-refractivity contribution is 0.413. The predicted molar refractivity (Wildman–Crippen MR) is 73.7 cm³/mol. The van der Waals surface area contributed by atoms with Crippen LogP contribution in [-0.2, 0) is 0 Å². The first kappa shape index (κ1) is 11.4. The van der Waals surface area contributed by atoms with Crippen LogP contribution < -0.4 is 10.6 Å². The van der Waals surface area contributed by atoms with Gasteiger partial charge in [-0.15, -0.1) is 0 Å². The topological polar surface area (TPSA) is 49.8 Å². The van der Waals surface area contributed by atoms with E-state index in [9.17, 15) is 0 Å². The molecule has 0 aliphatic carbocycles. The molecule has 1 aliphatic heterocycles. The average molecular weight is 242 g/mol. The van der Waals surface area contributed by atoms with Crippen molar-refractivity contribution >= 4 is 16.9 Å². The molecular formula is C14H18N4. The van der Waals surface area contributed by atoms with Gasteiger partial charge in [0.05, 0.1) is 5.52 Å². The summed E-state index contributed by atoms with van der Waals surface area (Å²) in [5, 5.41) is 7.91. The predicted octanol–water partition coefficient (Wildman–Crippen LogP) is 2.18. The molecule has 1 saturated heterocycles. The number of piperidine rings is 1. The van der Waals surface area contributed by atoms with Crippen LogP contribution >= 0.6 is 0 Å². The Balaban J connectivity index is 1.66. The monoisotopic (exact) mass is 242 g/mol. The second-order valence-corrected chi connectivity index (χ2v) is 4.78. The molecule has 2 N–H and O–H groups in total. The first-order chi connectivity index (χ1) is 8.92. The molecule has 0 bridgehead atoms. The fourth-order valence-electron chi connectivity index (χ4n) is 2.37. The van der Waals surface area contributed by atoms with Crippen molar-refractivity contribution in [2.24, 2.45) is 0 Å². The molecule has 1 aliphatic rings. The Kier molecular flexibility index (Phi) is 3.37. The molecular weight excluding hydrogens is 224 g/mol. The van der Waals surface area contributed by atoms with Crippen molar-refractivity contribution in [3.05, 3.63) is 30.5 Å². The molecule has 0 amide bonds. The smallest absolute Gasteiger partial charge is 0.223 e. The lowest BCUT2D eigenvalue weighted by atomic mass is 10.1. The Morgan fingerprint density at radius 2 is 2.22 bits per heavy atom. The van der Waals surface area contributed by atoms with Gasteiger partial charge in [-0.05, 0) is 25.5 Å². The van der Waals surface area contributed by atoms with Gasteiger partial charge in [-0.25, -0.2) is 9.97 Å². The quantitative estimate of drug-likeness (QED) is 0.866. The molecule has 2 heterocycles. The van der Waals surface area contributed by atoms with E-state index >= 15 is 0 Å². The van der Waals surface area contributed by atoms with Crippen molar-refractivity contribution in [2.45, 2.75) is 25.3 Å². The van der Waals surface area contributed by atoms with Gasteiger partial charge in [0.25, 0.3) is 0 Å². The van der Waals surface area contributed by atoms with Crippen LogP contribution in [0.15, 0.2) is 30.5 Å². The van der Waals surface area contributed by atoms with E-state index in [0.717, 1.165) is 29.9 Å². The molecule has 3 rings (SSSR count). The van der Waals surface area contributed by atoms with Gasteiger partial charge in [0, 0.05) is 24.2 Å². The van der Waals surface area contributed by atoms with Crippen LogP contribution in [0.1, 0.15) is 19.3 Å². The third-order valence-corrected chi connectivity index (χ3v) is 3.41. The van der Waals surface area contributed by atoms with E-state index < -0.39 is 0 Å². The van der Waals surface area contributed by atoms with Crippen molar-refractivity contribution in [1.82, 2.24) is 15.3 Å².